The van der Waals surface area contributed by atoms with Crippen LogP contribution in [0.4, 0.5) is 10.2 Å². The van der Waals surface area contributed by atoms with Gasteiger partial charge < -0.3 is 14.6 Å². The Bertz CT molecular complexity index is 490. The van der Waals surface area contributed by atoms with Crippen LogP contribution in [0.5, 0.6) is 0 Å². The van der Waals surface area contributed by atoms with E-state index in [0.717, 1.165) is 5.46 Å². The highest BCUT2D eigenvalue weighted by Gasteiger charge is 2.52. The first kappa shape index (κ1) is 15.3. The van der Waals surface area contributed by atoms with Gasteiger partial charge in [0.05, 0.1) is 11.2 Å². The van der Waals surface area contributed by atoms with Gasteiger partial charge in [0.2, 0.25) is 5.95 Å². The van der Waals surface area contributed by atoms with Gasteiger partial charge in [-0.25, -0.2) is 4.98 Å². The Hall–Kier alpha value is -1.14. The van der Waals surface area contributed by atoms with Crippen LogP contribution in [0, 0.1) is 5.95 Å². The molecule has 20 heavy (non-hydrogen) atoms. The molecule has 110 valence electrons. The van der Waals surface area contributed by atoms with E-state index < -0.39 is 24.3 Å². The van der Waals surface area contributed by atoms with Crippen LogP contribution in [-0.2, 0) is 9.31 Å². The molecule has 4 nitrogen and oxygen atoms in total. The van der Waals surface area contributed by atoms with Crippen LogP contribution in [-0.4, -0.2) is 29.3 Å². The molecule has 1 aliphatic heterocycles. The van der Waals surface area contributed by atoms with E-state index >= 15 is 0 Å². The summed E-state index contributed by atoms with van der Waals surface area (Å²) < 4.78 is 25.3. The number of hydrogen-bond donors (Lipinski definition) is 1. The van der Waals surface area contributed by atoms with Crippen molar-refractivity contribution in [1.29, 1.82) is 0 Å². The lowest BCUT2D eigenvalue weighted by molar-refractivity contribution is 0.00578. The van der Waals surface area contributed by atoms with Gasteiger partial charge in [-0.05, 0) is 47.6 Å². The molecule has 1 aliphatic rings. The first-order valence-electron chi connectivity index (χ1n) is 6.91. The first-order chi connectivity index (χ1) is 9.12. The van der Waals surface area contributed by atoms with Crippen LogP contribution >= 0.6 is 0 Å². The van der Waals surface area contributed by atoms with E-state index in [-0.39, 0.29) is 6.04 Å². The van der Waals surface area contributed by atoms with E-state index in [1.54, 1.807) is 6.07 Å². The number of pyridine rings is 1. The zero-order chi connectivity index (χ0) is 15.1. The Balaban J connectivity index is 2.34. The monoisotopic (exact) mass is 280 g/mol. The number of nitrogens with one attached hydrogen (secondary N) is 1. The van der Waals surface area contributed by atoms with E-state index in [1.165, 1.54) is 6.07 Å². The summed E-state index contributed by atoms with van der Waals surface area (Å²) in [5.74, 6) is -0.0492. The molecule has 1 fully saturated rings. The SMILES string of the molecule is CC(C)Nc1nc(F)ccc1B1OC(C)(C)C(C)(C)O1. The molecule has 1 saturated heterocycles. The predicted octanol–water partition coefficient (Wildman–Crippen LogP) is 2.34. The third-order valence-electron chi connectivity index (χ3n) is 3.83. The summed E-state index contributed by atoms with van der Waals surface area (Å²) >= 11 is 0. The van der Waals surface area contributed by atoms with Crippen LogP contribution in [0.25, 0.3) is 0 Å². The molecule has 6 heteroatoms. The molecule has 0 aliphatic carbocycles. The van der Waals surface area contributed by atoms with Crippen molar-refractivity contribution in [2.45, 2.75) is 58.8 Å². The van der Waals surface area contributed by atoms with E-state index in [0.29, 0.717) is 5.82 Å². The summed E-state index contributed by atoms with van der Waals surface area (Å²) in [5.41, 5.74) is -0.138. The molecule has 1 aromatic heterocycles. The second-order valence-corrected chi connectivity index (χ2v) is 6.46. The highest BCUT2D eigenvalue weighted by atomic mass is 19.1. The van der Waals surface area contributed by atoms with Crippen molar-refractivity contribution >= 4 is 18.4 Å². The molecule has 0 aromatic carbocycles. The summed E-state index contributed by atoms with van der Waals surface area (Å²) in [6.45, 7) is 11.9. The van der Waals surface area contributed by atoms with Crippen molar-refractivity contribution in [2.75, 3.05) is 5.32 Å². The third kappa shape index (κ3) is 2.81. The highest BCUT2D eigenvalue weighted by molar-refractivity contribution is 6.63. The van der Waals surface area contributed by atoms with Gasteiger partial charge in [-0.3, -0.25) is 0 Å². The Morgan fingerprint density at radius 1 is 1.15 bits per heavy atom. The van der Waals surface area contributed by atoms with Crippen LogP contribution in [0.1, 0.15) is 41.5 Å². The highest BCUT2D eigenvalue weighted by Crippen LogP contribution is 2.36. The molecule has 2 heterocycles. The van der Waals surface area contributed by atoms with Gasteiger partial charge in [0.15, 0.2) is 0 Å². The molecule has 0 unspecified atom stereocenters. The van der Waals surface area contributed by atoms with E-state index in [2.05, 4.69) is 10.3 Å². The second kappa shape index (κ2) is 5.00. The molecule has 1 N–H and O–H groups in total. The lowest BCUT2D eigenvalue weighted by Gasteiger charge is -2.32. The van der Waals surface area contributed by atoms with Gasteiger partial charge in [-0.15, -0.1) is 0 Å². The maximum absolute atomic E-state index is 13.4. The number of halogens is 1. The fourth-order valence-electron chi connectivity index (χ4n) is 2.00. The molecule has 1 aromatic rings. The molecule has 0 atom stereocenters. The van der Waals surface area contributed by atoms with Crippen molar-refractivity contribution in [3.8, 4) is 0 Å². The van der Waals surface area contributed by atoms with Crippen LogP contribution in [0.2, 0.25) is 0 Å². The fourth-order valence-corrected chi connectivity index (χ4v) is 2.00. The van der Waals surface area contributed by atoms with Crippen molar-refractivity contribution in [2.24, 2.45) is 0 Å². The van der Waals surface area contributed by atoms with Gasteiger partial charge in [-0.2, -0.15) is 4.39 Å². The van der Waals surface area contributed by atoms with Crippen molar-refractivity contribution in [3.63, 3.8) is 0 Å². The zero-order valence-corrected chi connectivity index (χ0v) is 13.0. The molecule has 0 spiro atoms. The minimum Gasteiger partial charge on any atom is -0.399 e. The van der Waals surface area contributed by atoms with Crippen molar-refractivity contribution < 1.29 is 13.7 Å². The average Bonchev–Trinajstić information content (AvgIpc) is 2.46. The molecule has 2 rings (SSSR count). The molecular weight excluding hydrogens is 258 g/mol. The lowest BCUT2D eigenvalue weighted by Crippen LogP contribution is -2.41. The first-order valence-corrected chi connectivity index (χ1v) is 6.91. The Morgan fingerprint density at radius 3 is 2.20 bits per heavy atom. The standard InChI is InChI=1S/C14H22BFN2O2/c1-9(2)17-12-10(7-8-11(16)18-12)15-19-13(3,4)14(5,6)20-15/h7-9H,1-6H3,(H,17,18). The number of rotatable bonds is 3. The molecule has 0 saturated carbocycles. The summed E-state index contributed by atoms with van der Waals surface area (Å²) in [7, 11) is -0.547. The minimum atomic E-state index is -0.547. The molecular formula is C14H22BFN2O2. The van der Waals surface area contributed by atoms with Gasteiger partial charge in [0.25, 0.3) is 0 Å². The Morgan fingerprint density at radius 2 is 1.70 bits per heavy atom. The van der Waals surface area contributed by atoms with Crippen molar-refractivity contribution in [1.82, 2.24) is 4.98 Å². The summed E-state index contributed by atoms with van der Waals surface area (Å²) in [4.78, 5) is 3.92. The smallest absolute Gasteiger partial charge is 0.399 e. The maximum Gasteiger partial charge on any atom is 0.498 e. The second-order valence-electron chi connectivity index (χ2n) is 6.46. The summed E-state index contributed by atoms with van der Waals surface area (Å²) in [6.07, 6.45) is 0. The van der Waals surface area contributed by atoms with Crippen molar-refractivity contribution in [3.05, 3.63) is 18.1 Å². The lowest BCUT2D eigenvalue weighted by atomic mass is 9.79. The largest absolute Gasteiger partial charge is 0.498 e. The fraction of sp³-hybridized carbons (Fsp3) is 0.643. The predicted molar refractivity (Wildman–Crippen MR) is 78.7 cm³/mol. The summed E-state index contributed by atoms with van der Waals surface area (Å²) in [6, 6.07) is 3.13. The van der Waals surface area contributed by atoms with E-state index in [9.17, 15) is 4.39 Å². The number of aromatic nitrogens is 1. The van der Waals surface area contributed by atoms with Crippen LogP contribution in [0.3, 0.4) is 0 Å². The van der Waals surface area contributed by atoms with E-state index in [1.807, 2.05) is 41.5 Å². The summed E-state index contributed by atoms with van der Waals surface area (Å²) in [5, 5.41) is 3.13. The minimum absolute atomic E-state index is 0.144. The average molecular weight is 280 g/mol. The van der Waals surface area contributed by atoms with E-state index in [4.69, 9.17) is 9.31 Å². The van der Waals surface area contributed by atoms with Gasteiger partial charge in [-0.1, -0.05) is 6.07 Å². The van der Waals surface area contributed by atoms with Gasteiger partial charge in [0.1, 0.15) is 5.82 Å². The Kier molecular flexibility index (Phi) is 3.82. The van der Waals surface area contributed by atoms with Gasteiger partial charge in [0, 0.05) is 11.5 Å². The molecule has 0 radical (unpaired) electrons. The normalized spacial score (nSPS) is 20.5. The van der Waals surface area contributed by atoms with Crippen LogP contribution in [0.15, 0.2) is 12.1 Å². The molecule has 0 bridgehead atoms. The number of anilines is 1. The number of hydrogen-bond acceptors (Lipinski definition) is 4. The third-order valence-corrected chi connectivity index (χ3v) is 3.83. The quantitative estimate of drug-likeness (QED) is 0.681. The van der Waals surface area contributed by atoms with Crippen LogP contribution < -0.4 is 10.8 Å². The zero-order valence-electron chi connectivity index (χ0n) is 13.0. The number of nitrogens with zero attached hydrogens (tertiary/aromatic N) is 1. The topological polar surface area (TPSA) is 43.4 Å². The molecule has 0 amide bonds. The Labute approximate surface area is 120 Å². The maximum atomic E-state index is 13.4. The van der Waals surface area contributed by atoms with Gasteiger partial charge >= 0.3 is 7.12 Å².